The van der Waals surface area contributed by atoms with Gasteiger partial charge < -0.3 is 4.74 Å². The molecule has 0 saturated carbocycles. The number of methoxy groups -OCH3 is 1. The monoisotopic (exact) mass is 444 g/mol. The first-order chi connectivity index (χ1) is 15.9. The van der Waals surface area contributed by atoms with Gasteiger partial charge in [-0.25, -0.2) is 14.1 Å². The molecule has 6 nitrogen and oxygen atoms in total. The number of amides is 4. The van der Waals surface area contributed by atoms with Gasteiger partial charge in [0.25, 0.3) is 11.8 Å². The number of nitrogens with one attached hydrogen (secondary N) is 1. The van der Waals surface area contributed by atoms with Crippen molar-refractivity contribution < 1.29 is 23.5 Å². The number of aryl methyl sites for hydroxylation is 1. The molecule has 0 radical (unpaired) electrons. The fraction of sp³-hybridized carbons (Fsp3) is 0.115. The molecule has 33 heavy (non-hydrogen) atoms. The summed E-state index contributed by atoms with van der Waals surface area (Å²) < 4.78 is 19.5. The van der Waals surface area contributed by atoms with Crippen LogP contribution >= 0.6 is 0 Å². The number of rotatable bonds is 5. The summed E-state index contributed by atoms with van der Waals surface area (Å²) in [7, 11) is 1.49. The molecule has 4 rings (SSSR count). The molecule has 4 amide bonds. The zero-order valence-electron chi connectivity index (χ0n) is 18.1. The molecule has 1 aliphatic rings. The molecule has 7 heteroatoms. The summed E-state index contributed by atoms with van der Waals surface area (Å²) in [6.45, 7) is 1.89. The zero-order valence-corrected chi connectivity index (χ0v) is 18.1. The highest BCUT2D eigenvalue weighted by molar-refractivity contribution is 6.39. The Hall–Kier alpha value is -4.26. The molecule has 1 N–H and O–H groups in total. The number of nitrogens with zero attached hydrogens (tertiary/aromatic N) is 1. The molecule has 0 aliphatic carbocycles. The predicted octanol–water partition coefficient (Wildman–Crippen LogP) is 4.40. The maximum absolute atomic E-state index is 14.1. The molecule has 0 bridgehead atoms. The van der Waals surface area contributed by atoms with Gasteiger partial charge in [0, 0.05) is 6.42 Å². The summed E-state index contributed by atoms with van der Waals surface area (Å²) in [5.41, 5.74) is 2.95. The molecule has 0 aromatic heterocycles. The third kappa shape index (κ3) is 4.52. The fourth-order valence-electron chi connectivity index (χ4n) is 3.60. The lowest BCUT2D eigenvalue weighted by molar-refractivity contribution is -0.122. The van der Waals surface area contributed by atoms with Crippen LogP contribution in [0.5, 0.6) is 5.75 Å². The van der Waals surface area contributed by atoms with E-state index in [2.05, 4.69) is 5.32 Å². The minimum Gasteiger partial charge on any atom is -0.496 e. The number of benzene rings is 3. The molecule has 1 aliphatic heterocycles. The summed E-state index contributed by atoms with van der Waals surface area (Å²) in [5.74, 6) is -1.32. The lowest BCUT2D eigenvalue weighted by atomic mass is 10.00. The third-order valence-corrected chi connectivity index (χ3v) is 5.35. The molecular weight excluding hydrogens is 423 g/mol. The Balaban J connectivity index is 1.66. The largest absolute Gasteiger partial charge is 0.496 e. The van der Waals surface area contributed by atoms with Gasteiger partial charge in [0.05, 0.1) is 12.8 Å². The molecule has 0 spiro atoms. The van der Waals surface area contributed by atoms with Crippen LogP contribution in [0.2, 0.25) is 0 Å². The first-order valence-corrected chi connectivity index (χ1v) is 10.3. The number of halogens is 1. The van der Waals surface area contributed by atoms with Crippen LogP contribution in [0.25, 0.3) is 6.08 Å². The molecule has 0 unspecified atom stereocenters. The number of urea groups is 1. The number of imide groups is 2. The van der Waals surface area contributed by atoms with Gasteiger partial charge in [-0.2, -0.15) is 0 Å². The molecule has 0 atom stereocenters. The highest BCUT2D eigenvalue weighted by Gasteiger charge is 2.36. The molecule has 166 valence electrons. The van der Waals surface area contributed by atoms with E-state index in [0.29, 0.717) is 29.0 Å². The Labute approximate surface area is 190 Å². The number of carbonyl (C=O) groups excluding carboxylic acids is 3. The Kier molecular flexibility index (Phi) is 6.04. The molecular formula is C26H21FN2O4. The van der Waals surface area contributed by atoms with Crippen LogP contribution in [0.3, 0.4) is 0 Å². The Morgan fingerprint density at radius 1 is 0.970 bits per heavy atom. The van der Waals surface area contributed by atoms with Gasteiger partial charge in [0.1, 0.15) is 17.1 Å². The van der Waals surface area contributed by atoms with Gasteiger partial charge in [0.2, 0.25) is 0 Å². The van der Waals surface area contributed by atoms with Crippen molar-refractivity contribution in [3.05, 3.63) is 100 Å². The molecule has 1 heterocycles. The Bertz CT molecular complexity index is 1280. The van der Waals surface area contributed by atoms with E-state index in [0.717, 1.165) is 16.0 Å². The number of hydrogen-bond acceptors (Lipinski definition) is 4. The van der Waals surface area contributed by atoms with Gasteiger partial charge in [0.15, 0.2) is 0 Å². The van der Waals surface area contributed by atoms with Crippen molar-refractivity contribution in [2.24, 2.45) is 0 Å². The summed E-state index contributed by atoms with van der Waals surface area (Å²) in [6.07, 6.45) is 1.72. The van der Waals surface area contributed by atoms with E-state index in [9.17, 15) is 18.8 Å². The van der Waals surface area contributed by atoms with E-state index in [1.54, 1.807) is 60.7 Å². The zero-order chi connectivity index (χ0) is 23.5. The Morgan fingerprint density at radius 2 is 1.70 bits per heavy atom. The third-order valence-electron chi connectivity index (χ3n) is 5.35. The average molecular weight is 444 g/mol. The van der Waals surface area contributed by atoms with Crippen molar-refractivity contribution in [1.82, 2.24) is 5.32 Å². The lowest BCUT2D eigenvalue weighted by Crippen LogP contribution is -2.54. The smallest absolute Gasteiger partial charge is 0.335 e. The van der Waals surface area contributed by atoms with Crippen LogP contribution in [-0.4, -0.2) is 25.0 Å². The van der Waals surface area contributed by atoms with E-state index in [4.69, 9.17) is 4.74 Å². The van der Waals surface area contributed by atoms with Crippen LogP contribution in [0, 0.1) is 12.7 Å². The second kappa shape index (κ2) is 9.08. The van der Waals surface area contributed by atoms with E-state index < -0.39 is 17.8 Å². The van der Waals surface area contributed by atoms with Crippen LogP contribution in [0.15, 0.2) is 72.3 Å². The van der Waals surface area contributed by atoms with E-state index in [1.807, 2.05) is 6.92 Å². The SMILES string of the molecule is COc1cc(/C=C2\C(=O)NC(=O)N(c3ccc(C)cc3)C2=O)ccc1Cc1ccccc1F. The van der Waals surface area contributed by atoms with Gasteiger partial charge in [-0.1, -0.05) is 48.0 Å². The number of carbonyl (C=O) groups is 3. The first-order valence-electron chi connectivity index (χ1n) is 10.3. The van der Waals surface area contributed by atoms with Crippen molar-refractivity contribution in [2.75, 3.05) is 12.0 Å². The van der Waals surface area contributed by atoms with Crippen LogP contribution in [-0.2, 0) is 16.0 Å². The van der Waals surface area contributed by atoms with Crippen molar-refractivity contribution in [3.63, 3.8) is 0 Å². The van der Waals surface area contributed by atoms with E-state index in [1.165, 1.54) is 19.3 Å². The van der Waals surface area contributed by atoms with Crippen LogP contribution in [0.1, 0.15) is 22.3 Å². The second-order valence-corrected chi connectivity index (χ2v) is 7.63. The lowest BCUT2D eigenvalue weighted by Gasteiger charge is -2.26. The first kappa shape index (κ1) is 22.0. The molecule has 1 fully saturated rings. The minimum atomic E-state index is -0.802. The predicted molar refractivity (Wildman–Crippen MR) is 122 cm³/mol. The average Bonchev–Trinajstić information content (AvgIpc) is 2.80. The number of ether oxygens (including phenoxy) is 1. The van der Waals surface area contributed by atoms with Gasteiger partial charge in [-0.05, 0) is 54.0 Å². The fourth-order valence-corrected chi connectivity index (χ4v) is 3.60. The van der Waals surface area contributed by atoms with Gasteiger partial charge in [-0.15, -0.1) is 0 Å². The highest BCUT2D eigenvalue weighted by atomic mass is 19.1. The summed E-state index contributed by atoms with van der Waals surface area (Å²) in [4.78, 5) is 38.7. The number of hydrogen-bond donors (Lipinski definition) is 1. The second-order valence-electron chi connectivity index (χ2n) is 7.63. The van der Waals surface area contributed by atoms with Crippen molar-refractivity contribution >= 4 is 29.6 Å². The van der Waals surface area contributed by atoms with Crippen LogP contribution < -0.4 is 15.0 Å². The summed E-state index contributed by atoms with van der Waals surface area (Å²) in [6, 6.07) is 17.6. The van der Waals surface area contributed by atoms with Gasteiger partial charge >= 0.3 is 6.03 Å². The maximum atomic E-state index is 14.1. The van der Waals surface area contributed by atoms with E-state index >= 15 is 0 Å². The standard InChI is InChI=1S/C26H21FN2O4/c1-16-7-11-20(12-8-16)29-25(31)21(24(30)28-26(29)32)13-17-9-10-19(23(14-17)33-2)15-18-5-3-4-6-22(18)27/h3-14H,15H2,1-2H3,(H,28,30,32)/b21-13+. The van der Waals surface area contributed by atoms with Crippen molar-refractivity contribution in [2.45, 2.75) is 13.3 Å². The molecule has 3 aromatic rings. The number of barbiturate groups is 1. The summed E-state index contributed by atoms with van der Waals surface area (Å²) >= 11 is 0. The minimum absolute atomic E-state index is 0.181. The quantitative estimate of drug-likeness (QED) is 0.468. The van der Waals surface area contributed by atoms with Gasteiger partial charge in [-0.3, -0.25) is 14.9 Å². The Morgan fingerprint density at radius 3 is 2.39 bits per heavy atom. The summed E-state index contributed by atoms with van der Waals surface area (Å²) in [5, 5.41) is 2.21. The van der Waals surface area contributed by atoms with Crippen molar-refractivity contribution in [3.8, 4) is 5.75 Å². The maximum Gasteiger partial charge on any atom is 0.335 e. The highest BCUT2D eigenvalue weighted by Crippen LogP contribution is 2.27. The van der Waals surface area contributed by atoms with E-state index in [-0.39, 0.29) is 11.4 Å². The molecule has 3 aromatic carbocycles. The normalized spacial score (nSPS) is 15.1. The molecule has 1 saturated heterocycles. The number of anilines is 1. The van der Waals surface area contributed by atoms with Crippen molar-refractivity contribution in [1.29, 1.82) is 0 Å². The van der Waals surface area contributed by atoms with Crippen LogP contribution in [0.4, 0.5) is 14.9 Å². The topological polar surface area (TPSA) is 75.7 Å².